The highest BCUT2D eigenvalue weighted by Crippen LogP contribution is 2.30. The average Bonchev–Trinajstić information content (AvgIpc) is 3.35. The van der Waals surface area contributed by atoms with Crippen molar-refractivity contribution in [2.45, 2.75) is 25.5 Å². The molecule has 32 heavy (non-hydrogen) atoms. The van der Waals surface area contributed by atoms with E-state index in [2.05, 4.69) is 22.1 Å². The van der Waals surface area contributed by atoms with Crippen molar-refractivity contribution in [1.82, 2.24) is 14.8 Å². The van der Waals surface area contributed by atoms with Gasteiger partial charge in [-0.15, -0.1) is 28.1 Å². The Labute approximate surface area is 194 Å². The lowest BCUT2D eigenvalue weighted by Crippen LogP contribution is -2.16. The molecule has 0 atom stereocenters. The molecule has 0 unspecified atom stereocenters. The molecule has 0 bridgehead atoms. The lowest BCUT2D eigenvalue weighted by Gasteiger charge is -2.09. The largest absolute Gasteiger partial charge is 0.497 e. The van der Waals surface area contributed by atoms with Crippen LogP contribution in [0, 0.1) is 6.92 Å². The number of amides is 1. The van der Waals surface area contributed by atoms with Gasteiger partial charge in [0.15, 0.2) is 11.0 Å². The number of thiophene rings is 1. The summed E-state index contributed by atoms with van der Waals surface area (Å²) in [6.45, 7) is 8.18. The SMILES string of the molecule is C=CCn1c(SCC(=O)Nc2sc(C)cc2C(=O)OCC)nnc1-c1cccc(OC)c1. The second-order valence-electron chi connectivity index (χ2n) is 6.59. The van der Waals surface area contributed by atoms with E-state index in [0.29, 0.717) is 33.8 Å². The molecule has 1 amide bonds. The third-order valence-electron chi connectivity index (χ3n) is 4.29. The van der Waals surface area contributed by atoms with E-state index in [4.69, 9.17) is 9.47 Å². The topological polar surface area (TPSA) is 95.3 Å². The number of allylic oxidation sites excluding steroid dienone is 1. The molecule has 0 aliphatic carbocycles. The van der Waals surface area contributed by atoms with E-state index in [1.807, 2.05) is 35.8 Å². The molecule has 0 aliphatic heterocycles. The molecule has 1 N–H and O–H groups in total. The molecule has 0 radical (unpaired) electrons. The van der Waals surface area contributed by atoms with Crippen molar-refractivity contribution < 1.29 is 19.1 Å². The van der Waals surface area contributed by atoms with E-state index in [-0.39, 0.29) is 18.3 Å². The van der Waals surface area contributed by atoms with Crippen molar-refractivity contribution in [3.63, 3.8) is 0 Å². The summed E-state index contributed by atoms with van der Waals surface area (Å²) in [6.07, 6.45) is 1.75. The quantitative estimate of drug-likeness (QED) is 0.265. The number of esters is 1. The van der Waals surface area contributed by atoms with E-state index in [1.165, 1.54) is 23.1 Å². The zero-order chi connectivity index (χ0) is 23.1. The molecule has 0 aliphatic rings. The number of aryl methyl sites for hydroxylation is 1. The van der Waals surface area contributed by atoms with Gasteiger partial charge in [0.2, 0.25) is 5.91 Å². The molecule has 8 nitrogen and oxygen atoms in total. The lowest BCUT2D eigenvalue weighted by atomic mass is 10.2. The smallest absolute Gasteiger partial charge is 0.341 e. The molecule has 3 rings (SSSR count). The van der Waals surface area contributed by atoms with Crippen LogP contribution in [0.5, 0.6) is 5.75 Å². The molecule has 3 aromatic rings. The highest BCUT2D eigenvalue weighted by molar-refractivity contribution is 7.99. The summed E-state index contributed by atoms with van der Waals surface area (Å²) in [5.41, 5.74) is 1.21. The minimum absolute atomic E-state index is 0.104. The number of carbonyl (C=O) groups is 2. The van der Waals surface area contributed by atoms with Crippen LogP contribution in [0.1, 0.15) is 22.2 Å². The van der Waals surface area contributed by atoms with Gasteiger partial charge in [-0.1, -0.05) is 30.0 Å². The Morgan fingerprint density at radius 3 is 2.84 bits per heavy atom. The maximum absolute atomic E-state index is 12.6. The van der Waals surface area contributed by atoms with Gasteiger partial charge in [-0.3, -0.25) is 9.36 Å². The molecule has 0 fully saturated rings. The fourth-order valence-electron chi connectivity index (χ4n) is 2.93. The van der Waals surface area contributed by atoms with E-state index in [0.717, 1.165) is 10.4 Å². The zero-order valence-corrected chi connectivity index (χ0v) is 19.7. The summed E-state index contributed by atoms with van der Waals surface area (Å²) >= 11 is 2.59. The Hall–Kier alpha value is -3.11. The highest BCUT2D eigenvalue weighted by atomic mass is 32.2. The molecule has 0 saturated heterocycles. The van der Waals surface area contributed by atoms with Gasteiger partial charge in [0.1, 0.15) is 10.8 Å². The number of nitrogens with one attached hydrogen (secondary N) is 1. The van der Waals surface area contributed by atoms with Crippen LogP contribution < -0.4 is 10.1 Å². The Kier molecular flexibility index (Phi) is 8.07. The second-order valence-corrected chi connectivity index (χ2v) is 8.79. The van der Waals surface area contributed by atoms with Crippen molar-refractivity contribution in [3.05, 3.63) is 53.4 Å². The summed E-state index contributed by atoms with van der Waals surface area (Å²) < 4.78 is 12.3. The zero-order valence-electron chi connectivity index (χ0n) is 18.1. The third kappa shape index (κ3) is 5.57. The lowest BCUT2D eigenvalue weighted by molar-refractivity contribution is -0.113. The number of methoxy groups -OCH3 is 1. The van der Waals surface area contributed by atoms with Gasteiger partial charge in [-0.2, -0.15) is 0 Å². The summed E-state index contributed by atoms with van der Waals surface area (Å²) in [4.78, 5) is 25.6. The van der Waals surface area contributed by atoms with E-state index in [1.54, 1.807) is 26.2 Å². The van der Waals surface area contributed by atoms with Crippen LogP contribution in [0.2, 0.25) is 0 Å². The fourth-order valence-corrected chi connectivity index (χ4v) is 4.59. The number of thioether (sulfide) groups is 1. The molecule has 168 valence electrons. The number of carbonyl (C=O) groups excluding carboxylic acids is 2. The number of anilines is 1. The van der Waals surface area contributed by atoms with Crippen LogP contribution in [0.25, 0.3) is 11.4 Å². The predicted octanol–water partition coefficient (Wildman–Crippen LogP) is 4.42. The second kappa shape index (κ2) is 11.0. The fraction of sp³-hybridized carbons (Fsp3) is 0.273. The number of benzene rings is 1. The van der Waals surface area contributed by atoms with Gasteiger partial charge in [0, 0.05) is 17.0 Å². The highest BCUT2D eigenvalue weighted by Gasteiger charge is 2.19. The van der Waals surface area contributed by atoms with Crippen molar-refractivity contribution in [2.24, 2.45) is 0 Å². The molecule has 0 saturated carbocycles. The maximum Gasteiger partial charge on any atom is 0.341 e. The number of nitrogens with zero attached hydrogens (tertiary/aromatic N) is 3. The normalized spacial score (nSPS) is 10.6. The average molecular weight is 473 g/mol. The van der Waals surface area contributed by atoms with Crippen LogP contribution in [0.15, 0.2) is 48.1 Å². The van der Waals surface area contributed by atoms with Gasteiger partial charge < -0.3 is 14.8 Å². The number of aromatic nitrogens is 3. The maximum atomic E-state index is 12.6. The summed E-state index contributed by atoms with van der Waals surface area (Å²) in [5.74, 6) is 0.775. The first-order chi connectivity index (χ1) is 15.5. The standard InChI is InChI=1S/C22H24N4O4S2/c1-5-10-26-19(15-8-7-9-16(12-15)29-4)24-25-22(26)31-13-18(27)23-20-17(11-14(3)32-20)21(28)30-6-2/h5,7-9,11-12H,1,6,10,13H2,2-4H3,(H,23,27). The van der Waals surface area contributed by atoms with Gasteiger partial charge in [-0.25, -0.2) is 4.79 Å². The summed E-state index contributed by atoms with van der Waals surface area (Å²) in [5, 5.41) is 12.4. The summed E-state index contributed by atoms with van der Waals surface area (Å²) in [7, 11) is 1.61. The minimum Gasteiger partial charge on any atom is -0.497 e. The molecule has 0 spiro atoms. The van der Waals surface area contributed by atoms with Crippen molar-refractivity contribution in [1.29, 1.82) is 0 Å². The third-order valence-corrected chi connectivity index (χ3v) is 6.23. The number of ether oxygens (including phenoxy) is 2. The monoisotopic (exact) mass is 472 g/mol. The van der Waals surface area contributed by atoms with Crippen LogP contribution in [-0.2, 0) is 16.1 Å². The van der Waals surface area contributed by atoms with Gasteiger partial charge in [-0.05, 0) is 32.0 Å². The van der Waals surface area contributed by atoms with Crippen molar-refractivity contribution in [3.8, 4) is 17.1 Å². The van der Waals surface area contributed by atoms with Crippen LogP contribution >= 0.6 is 23.1 Å². The first kappa shape index (κ1) is 23.6. The van der Waals surface area contributed by atoms with E-state index < -0.39 is 5.97 Å². The van der Waals surface area contributed by atoms with Gasteiger partial charge in [0.25, 0.3) is 0 Å². The molecule has 1 aromatic carbocycles. The Bertz CT molecular complexity index is 1120. The number of hydrogen-bond donors (Lipinski definition) is 1. The minimum atomic E-state index is -0.450. The number of hydrogen-bond acceptors (Lipinski definition) is 8. The van der Waals surface area contributed by atoms with Crippen molar-refractivity contribution >= 4 is 40.0 Å². The molecule has 10 heteroatoms. The molecular formula is C22H24N4O4S2. The Morgan fingerprint density at radius 1 is 1.31 bits per heavy atom. The Morgan fingerprint density at radius 2 is 2.12 bits per heavy atom. The molecule has 2 aromatic heterocycles. The van der Waals surface area contributed by atoms with Crippen LogP contribution in [0.4, 0.5) is 5.00 Å². The van der Waals surface area contributed by atoms with E-state index in [9.17, 15) is 9.59 Å². The molecular weight excluding hydrogens is 448 g/mol. The first-order valence-electron chi connectivity index (χ1n) is 9.85. The molecule has 2 heterocycles. The Balaban J connectivity index is 1.73. The van der Waals surface area contributed by atoms with Gasteiger partial charge >= 0.3 is 5.97 Å². The van der Waals surface area contributed by atoms with Crippen LogP contribution in [0.3, 0.4) is 0 Å². The predicted molar refractivity (Wildman–Crippen MR) is 127 cm³/mol. The van der Waals surface area contributed by atoms with Crippen LogP contribution in [-0.4, -0.2) is 46.1 Å². The first-order valence-corrected chi connectivity index (χ1v) is 11.7. The van der Waals surface area contributed by atoms with Crippen molar-refractivity contribution in [2.75, 3.05) is 24.8 Å². The van der Waals surface area contributed by atoms with Gasteiger partial charge in [0.05, 0.1) is 25.0 Å². The summed E-state index contributed by atoms with van der Waals surface area (Å²) in [6, 6.07) is 9.25. The van der Waals surface area contributed by atoms with E-state index >= 15 is 0 Å². The number of rotatable bonds is 10.